The number of aromatic nitrogens is 1. The summed E-state index contributed by atoms with van der Waals surface area (Å²) in [7, 11) is 0. The van der Waals surface area contributed by atoms with E-state index >= 15 is 0 Å². The predicted molar refractivity (Wildman–Crippen MR) is 136 cm³/mol. The summed E-state index contributed by atoms with van der Waals surface area (Å²) in [6, 6.07) is 7.38. The minimum Gasteiger partial charge on any atom is -0.439 e. The lowest BCUT2D eigenvalue weighted by Gasteiger charge is -2.59. The molecule has 0 bridgehead atoms. The number of carbonyl (C=O) groups excluding carboxylic acids is 3. The molecule has 4 aliphatic rings. The second-order valence-corrected chi connectivity index (χ2v) is 10.8. The molecule has 1 aromatic heterocycles. The summed E-state index contributed by atoms with van der Waals surface area (Å²) in [6.07, 6.45) is -2.96. The Balaban J connectivity index is 1.19. The molecule has 4 aliphatic heterocycles. The SMILES string of the molecule is O=C1NC(=O)C(c2ccc(Oc3ccc(OC(F)(F)F)cn3)cc2)(N2CC3(CN(CC4CCOC4)CCO3)C2)C(=O)N1. The van der Waals surface area contributed by atoms with Gasteiger partial charge in [0.2, 0.25) is 11.4 Å². The van der Waals surface area contributed by atoms with Gasteiger partial charge in [-0.25, -0.2) is 9.78 Å². The summed E-state index contributed by atoms with van der Waals surface area (Å²) in [5.41, 5.74) is -2.11. The van der Waals surface area contributed by atoms with Gasteiger partial charge in [-0.05, 0) is 36.1 Å². The zero-order valence-electron chi connectivity index (χ0n) is 22.3. The summed E-state index contributed by atoms with van der Waals surface area (Å²) in [5.74, 6) is -1.35. The Morgan fingerprint density at radius 1 is 0.976 bits per heavy atom. The summed E-state index contributed by atoms with van der Waals surface area (Å²) >= 11 is 0. The van der Waals surface area contributed by atoms with E-state index in [1.165, 1.54) is 30.3 Å². The van der Waals surface area contributed by atoms with E-state index in [2.05, 4.69) is 25.3 Å². The smallest absolute Gasteiger partial charge is 0.439 e. The predicted octanol–water partition coefficient (Wildman–Crippen LogP) is 1.76. The number of barbiturate groups is 1. The van der Waals surface area contributed by atoms with E-state index in [1.54, 1.807) is 4.90 Å². The van der Waals surface area contributed by atoms with Crippen molar-refractivity contribution in [3.63, 3.8) is 0 Å². The summed E-state index contributed by atoms with van der Waals surface area (Å²) in [5, 5.41) is 4.45. The van der Waals surface area contributed by atoms with Gasteiger partial charge >= 0.3 is 12.4 Å². The standard InChI is InChI=1S/C27H28F3N5O7/c28-27(29,30)42-20-5-6-21(31-11-20)41-19-3-1-18(2-4-19)26(22(36)32-24(38)33-23(26)37)35-15-25(16-35)14-34(8-10-40-25)12-17-7-9-39-13-17/h1-6,11,17H,7-10,12-16H2,(H2,32,33,36,37,38). The summed E-state index contributed by atoms with van der Waals surface area (Å²) in [4.78, 5) is 46.6. The van der Waals surface area contributed by atoms with Gasteiger partial charge < -0.3 is 18.9 Å². The highest BCUT2D eigenvalue weighted by Gasteiger charge is 2.63. The van der Waals surface area contributed by atoms with E-state index in [0.717, 1.165) is 45.0 Å². The van der Waals surface area contributed by atoms with Crippen molar-refractivity contribution in [3.8, 4) is 17.4 Å². The molecule has 0 aliphatic carbocycles. The van der Waals surface area contributed by atoms with Gasteiger partial charge in [0.05, 0.1) is 19.4 Å². The number of urea groups is 1. The lowest BCUT2D eigenvalue weighted by atomic mass is 9.78. The van der Waals surface area contributed by atoms with Gasteiger partial charge in [0, 0.05) is 45.4 Å². The van der Waals surface area contributed by atoms with Crippen LogP contribution in [-0.4, -0.2) is 97.1 Å². The van der Waals surface area contributed by atoms with Crippen molar-refractivity contribution in [2.75, 3.05) is 52.5 Å². The van der Waals surface area contributed by atoms with E-state index in [0.29, 0.717) is 24.6 Å². The molecule has 1 spiro atoms. The maximum atomic E-state index is 13.4. The monoisotopic (exact) mass is 591 g/mol. The van der Waals surface area contributed by atoms with Crippen molar-refractivity contribution in [1.29, 1.82) is 0 Å². The Kier molecular flexibility index (Phi) is 7.29. The normalized spacial score (nSPS) is 24.2. The van der Waals surface area contributed by atoms with E-state index < -0.39 is 41.1 Å². The van der Waals surface area contributed by atoms with Gasteiger partial charge in [0.1, 0.15) is 17.1 Å². The van der Waals surface area contributed by atoms with Crippen molar-refractivity contribution < 1.29 is 46.5 Å². The number of carbonyl (C=O) groups is 3. The Labute approximate surface area is 238 Å². The zero-order chi connectivity index (χ0) is 29.5. The maximum absolute atomic E-state index is 13.4. The fraction of sp³-hybridized carbons (Fsp3) is 0.481. The topological polar surface area (TPSA) is 132 Å². The highest BCUT2D eigenvalue weighted by Crippen LogP contribution is 2.42. The zero-order valence-corrected chi connectivity index (χ0v) is 22.3. The van der Waals surface area contributed by atoms with E-state index in [1.807, 2.05) is 0 Å². The molecule has 1 atom stereocenters. The lowest BCUT2D eigenvalue weighted by molar-refractivity contribution is -0.274. The number of alkyl halides is 3. The van der Waals surface area contributed by atoms with Crippen molar-refractivity contribution >= 4 is 17.8 Å². The number of halogens is 3. The van der Waals surface area contributed by atoms with Crippen LogP contribution in [0.15, 0.2) is 42.6 Å². The Hall–Kier alpha value is -3.79. The molecule has 4 saturated heterocycles. The molecule has 15 heteroatoms. The lowest BCUT2D eigenvalue weighted by Crippen LogP contribution is -2.80. The van der Waals surface area contributed by atoms with Crippen molar-refractivity contribution in [2.24, 2.45) is 5.92 Å². The Morgan fingerprint density at radius 2 is 1.69 bits per heavy atom. The van der Waals surface area contributed by atoms with Gasteiger partial charge in [-0.15, -0.1) is 13.2 Å². The third kappa shape index (κ3) is 5.52. The molecule has 224 valence electrons. The van der Waals surface area contributed by atoms with Gasteiger partial charge in [0.25, 0.3) is 11.8 Å². The van der Waals surface area contributed by atoms with Gasteiger partial charge in [-0.2, -0.15) is 0 Å². The van der Waals surface area contributed by atoms with Crippen LogP contribution in [-0.2, 0) is 24.6 Å². The number of hydrogen-bond acceptors (Lipinski definition) is 10. The number of ether oxygens (including phenoxy) is 4. The number of morpholine rings is 1. The first kappa shape index (κ1) is 28.3. The number of rotatable bonds is 7. The van der Waals surface area contributed by atoms with Crippen molar-refractivity contribution in [1.82, 2.24) is 25.4 Å². The highest BCUT2D eigenvalue weighted by molar-refractivity contribution is 6.22. The van der Waals surface area contributed by atoms with Crippen LogP contribution in [0, 0.1) is 5.92 Å². The average molecular weight is 592 g/mol. The Bertz CT molecular complexity index is 1320. The molecule has 12 nitrogen and oxygen atoms in total. The minimum atomic E-state index is -4.85. The third-order valence-corrected chi connectivity index (χ3v) is 7.85. The van der Waals surface area contributed by atoms with E-state index in [-0.39, 0.29) is 24.7 Å². The first-order chi connectivity index (χ1) is 20.0. The van der Waals surface area contributed by atoms with Gasteiger partial charge in [0.15, 0.2) is 0 Å². The van der Waals surface area contributed by atoms with Crippen LogP contribution >= 0.6 is 0 Å². The number of nitrogens with one attached hydrogen (secondary N) is 2. The molecule has 2 N–H and O–H groups in total. The molecule has 6 rings (SSSR count). The molecule has 0 saturated carbocycles. The third-order valence-electron chi connectivity index (χ3n) is 7.85. The van der Waals surface area contributed by atoms with Crippen molar-refractivity contribution in [2.45, 2.75) is 23.9 Å². The molecule has 4 amide bonds. The van der Waals surface area contributed by atoms with E-state index in [9.17, 15) is 27.6 Å². The molecule has 0 radical (unpaired) electrons. The maximum Gasteiger partial charge on any atom is 0.573 e. The Morgan fingerprint density at radius 3 is 2.31 bits per heavy atom. The molecular formula is C27H28F3N5O7. The number of nitrogens with zero attached hydrogens (tertiary/aromatic N) is 3. The fourth-order valence-electron chi connectivity index (χ4n) is 6.01. The van der Waals surface area contributed by atoms with Crippen LogP contribution in [0.1, 0.15) is 12.0 Å². The minimum absolute atomic E-state index is 0.00131. The van der Waals surface area contributed by atoms with Crippen molar-refractivity contribution in [3.05, 3.63) is 48.2 Å². The average Bonchev–Trinajstić information content (AvgIpc) is 3.42. The number of amides is 4. The molecule has 5 heterocycles. The summed E-state index contributed by atoms with van der Waals surface area (Å²) < 4.78 is 58.3. The summed E-state index contributed by atoms with van der Waals surface area (Å²) in [6.45, 7) is 4.92. The van der Waals surface area contributed by atoms with Crippen LogP contribution < -0.4 is 20.1 Å². The second-order valence-electron chi connectivity index (χ2n) is 10.8. The number of imide groups is 2. The number of hydrogen-bond donors (Lipinski definition) is 2. The van der Waals surface area contributed by atoms with Crippen LogP contribution in [0.2, 0.25) is 0 Å². The first-order valence-corrected chi connectivity index (χ1v) is 13.4. The quantitative estimate of drug-likeness (QED) is 0.460. The second kappa shape index (κ2) is 10.8. The van der Waals surface area contributed by atoms with Gasteiger partial charge in [-0.1, -0.05) is 12.1 Å². The molecule has 1 unspecified atom stereocenters. The first-order valence-electron chi connectivity index (χ1n) is 13.4. The largest absolute Gasteiger partial charge is 0.573 e. The number of pyridine rings is 1. The van der Waals surface area contributed by atoms with Crippen LogP contribution in [0.3, 0.4) is 0 Å². The molecule has 1 aromatic carbocycles. The molecular weight excluding hydrogens is 563 g/mol. The highest BCUT2D eigenvalue weighted by atomic mass is 19.4. The molecule has 2 aromatic rings. The van der Waals surface area contributed by atoms with Crippen LogP contribution in [0.25, 0.3) is 0 Å². The molecule has 4 fully saturated rings. The number of benzene rings is 1. The molecule has 42 heavy (non-hydrogen) atoms. The van der Waals surface area contributed by atoms with Crippen LogP contribution in [0.5, 0.6) is 17.4 Å². The number of likely N-dealkylation sites (tertiary alicyclic amines) is 1. The fourth-order valence-corrected chi connectivity index (χ4v) is 6.01. The van der Waals surface area contributed by atoms with E-state index in [4.69, 9.17) is 14.2 Å². The van der Waals surface area contributed by atoms with Crippen LogP contribution in [0.4, 0.5) is 18.0 Å². The van der Waals surface area contributed by atoms with Gasteiger partial charge in [-0.3, -0.25) is 30.0 Å².